The van der Waals surface area contributed by atoms with E-state index in [1.807, 2.05) is 0 Å². The normalized spacial score (nSPS) is 13.4. The van der Waals surface area contributed by atoms with Gasteiger partial charge in [-0.2, -0.15) is 0 Å². The van der Waals surface area contributed by atoms with E-state index in [1.165, 1.54) is 120 Å². The van der Waals surface area contributed by atoms with Crippen LogP contribution >= 0.6 is 0 Å². The van der Waals surface area contributed by atoms with Crippen molar-refractivity contribution in [1.82, 2.24) is 4.57 Å². The highest BCUT2D eigenvalue weighted by molar-refractivity contribution is 6.16. The molecule has 0 aliphatic heterocycles. The molecule has 1 heterocycles. The maximum atomic E-state index is 2.52. The molecule has 1 spiro atoms. The van der Waals surface area contributed by atoms with Crippen molar-refractivity contribution >= 4 is 38.9 Å². The summed E-state index contributed by atoms with van der Waals surface area (Å²) in [4.78, 5) is 2.46. The fourth-order valence-corrected chi connectivity index (χ4v) is 12.7. The van der Waals surface area contributed by atoms with E-state index in [1.54, 1.807) is 0 Å². The Hall–Kier alpha value is -8.98. The Balaban J connectivity index is 0.910. The minimum Gasteiger partial charge on any atom is -0.310 e. The van der Waals surface area contributed by atoms with Crippen LogP contribution in [0.5, 0.6) is 0 Å². The molecule has 0 N–H and O–H groups in total. The molecule has 0 saturated heterocycles. The van der Waals surface area contributed by atoms with Crippen LogP contribution in [0.3, 0.4) is 0 Å². The first kappa shape index (κ1) is 42.9. The maximum absolute atomic E-state index is 2.52. The van der Waals surface area contributed by atoms with E-state index >= 15 is 0 Å². The standard InChI is InChI=1S/C71H52N2/c1-3-20-50(21-4-1)56-24-7-8-25-58(56)59-26-9-10-27-60(59)63-29-12-15-33-67(63)72(54-41-36-49(37-42-54)52-40-45-62-61-28-11-14-32-65(61)71(66(62)48-52)46-17-18-47-71)55-43-38-51(39-44-55)57-31-19-35-69-70(57)64-30-13-16-34-68(64)73(69)53-22-5-2-6-23-53/h1-16,19-45,48H,17-18,46-47H2. The van der Waals surface area contributed by atoms with Crippen LogP contribution in [0.1, 0.15) is 36.8 Å². The molecule has 11 aromatic carbocycles. The van der Waals surface area contributed by atoms with Gasteiger partial charge in [0.15, 0.2) is 0 Å². The molecule has 2 heteroatoms. The predicted molar refractivity (Wildman–Crippen MR) is 307 cm³/mol. The Morgan fingerprint density at radius 2 is 0.808 bits per heavy atom. The van der Waals surface area contributed by atoms with Gasteiger partial charge in [-0.15, -0.1) is 0 Å². The van der Waals surface area contributed by atoms with Crippen LogP contribution in [0, 0.1) is 0 Å². The van der Waals surface area contributed by atoms with Crippen molar-refractivity contribution < 1.29 is 0 Å². The molecule has 14 rings (SSSR count). The number of hydrogen-bond donors (Lipinski definition) is 0. The smallest absolute Gasteiger partial charge is 0.0547 e. The second kappa shape index (κ2) is 17.7. The summed E-state index contributed by atoms with van der Waals surface area (Å²) in [6.45, 7) is 0. The highest BCUT2D eigenvalue weighted by atomic mass is 15.1. The summed E-state index contributed by atoms with van der Waals surface area (Å²) in [5, 5.41) is 2.50. The van der Waals surface area contributed by atoms with Gasteiger partial charge in [0.1, 0.15) is 0 Å². The fourth-order valence-electron chi connectivity index (χ4n) is 12.7. The van der Waals surface area contributed by atoms with Crippen molar-refractivity contribution in [3.8, 4) is 72.4 Å². The van der Waals surface area contributed by atoms with Crippen molar-refractivity contribution in [2.75, 3.05) is 4.90 Å². The van der Waals surface area contributed by atoms with Crippen LogP contribution in [0.2, 0.25) is 0 Å². The van der Waals surface area contributed by atoms with Crippen LogP contribution in [0.4, 0.5) is 17.1 Å². The van der Waals surface area contributed by atoms with Crippen molar-refractivity contribution in [1.29, 1.82) is 0 Å². The Kier molecular flexibility index (Phi) is 10.4. The zero-order chi connectivity index (χ0) is 48.3. The summed E-state index contributed by atoms with van der Waals surface area (Å²) in [5.74, 6) is 0. The van der Waals surface area contributed by atoms with Crippen LogP contribution in [-0.2, 0) is 5.41 Å². The molecule has 0 atom stereocenters. The van der Waals surface area contributed by atoms with Gasteiger partial charge in [0.2, 0.25) is 0 Å². The van der Waals surface area contributed by atoms with Crippen molar-refractivity contribution in [3.63, 3.8) is 0 Å². The van der Waals surface area contributed by atoms with Crippen molar-refractivity contribution in [3.05, 3.63) is 278 Å². The van der Waals surface area contributed by atoms with Gasteiger partial charge in [-0.05, 0) is 146 Å². The van der Waals surface area contributed by atoms with E-state index in [0.717, 1.165) is 28.3 Å². The van der Waals surface area contributed by atoms with Gasteiger partial charge >= 0.3 is 0 Å². The molecule has 346 valence electrons. The van der Waals surface area contributed by atoms with Crippen LogP contribution in [0.15, 0.2) is 267 Å². The number of rotatable bonds is 9. The molecular weight excluding hydrogens is 881 g/mol. The lowest BCUT2D eigenvalue weighted by Gasteiger charge is -2.29. The van der Waals surface area contributed by atoms with E-state index in [0.29, 0.717) is 0 Å². The Bertz CT molecular complexity index is 4010. The quantitative estimate of drug-likeness (QED) is 0.140. The third kappa shape index (κ3) is 7.08. The average Bonchev–Trinajstić information content (AvgIpc) is 4.20. The third-order valence-corrected chi connectivity index (χ3v) is 16.0. The molecule has 0 unspecified atom stereocenters. The number of fused-ring (bicyclic) bond motifs is 8. The first-order valence-electron chi connectivity index (χ1n) is 25.9. The molecular formula is C71H52N2. The topological polar surface area (TPSA) is 8.17 Å². The first-order valence-corrected chi connectivity index (χ1v) is 25.9. The monoisotopic (exact) mass is 932 g/mol. The second-order valence-electron chi connectivity index (χ2n) is 19.9. The Morgan fingerprint density at radius 3 is 1.53 bits per heavy atom. The van der Waals surface area contributed by atoms with Gasteiger partial charge in [-0.1, -0.05) is 219 Å². The molecule has 0 radical (unpaired) electrons. The molecule has 73 heavy (non-hydrogen) atoms. The number of aromatic nitrogens is 1. The third-order valence-electron chi connectivity index (χ3n) is 16.0. The highest BCUT2D eigenvalue weighted by Crippen LogP contribution is 2.57. The number of anilines is 3. The lowest BCUT2D eigenvalue weighted by molar-refractivity contribution is 0.550. The lowest BCUT2D eigenvalue weighted by Crippen LogP contribution is -2.20. The van der Waals surface area contributed by atoms with E-state index in [-0.39, 0.29) is 5.41 Å². The molecule has 2 nitrogen and oxygen atoms in total. The Labute approximate surface area is 427 Å². The molecule has 12 aromatic rings. The summed E-state index contributed by atoms with van der Waals surface area (Å²) < 4.78 is 2.40. The van der Waals surface area contributed by atoms with E-state index in [4.69, 9.17) is 0 Å². The van der Waals surface area contributed by atoms with Gasteiger partial charge < -0.3 is 9.47 Å². The molecule has 0 amide bonds. The first-order chi connectivity index (χ1) is 36.2. The second-order valence-corrected chi connectivity index (χ2v) is 19.9. The van der Waals surface area contributed by atoms with Gasteiger partial charge in [0.05, 0.1) is 16.7 Å². The Morgan fingerprint density at radius 1 is 0.315 bits per heavy atom. The van der Waals surface area contributed by atoms with Crippen LogP contribution in [-0.4, -0.2) is 4.57 Å². The summed E-state index contributed by atoms with van der Waals surface area (Å²) >= 11 is 0. The molecule has 1 aromatic heterocycles. The number of nitrogens with zero attached hydrogens (tertiary/aromatic N) is 2. The minimum absolute atomic E-state index is 0.122. The molecule has 2 aliphatic carbocycles. The predicted octanol–water partition coefficient (Wildman–Crippen LogP) is 19.4. The average molecular weight is 933 g/mol. The summed E-state index contributed by atoms with van der Waals surface area (Å²) in [6.07, 6.45) is 5.01. The number of para-hydroxylation sites is 3. The largest absolute Gasteiger partial charge is 0.310 e. The zero-order valence-corrected chi connectivity index (χ0v) is 40.6. The van der Waals surface area contributed by atoms with Crippen LogP contribution in [0.25, 0.3) is 94.3 Å². The molecule has 2 aliphatic rings. The minimum atomic E-state index is 0.122. The summed E-state index contributed by atoms with van der Waals surface area (Å²) in [7, 11) is 0. The van der Waals surface area contributed by atoms with Crippen molar-refractivity contribution in [2.24, 2.45) is 0 Å². The zero-order valence-electron chi connectivity index (χ0n) is 40.6. The SMILES string of the molecule is c1ccc(-c2ccccc2-c2ccccc2-c2ccccc2N(c2ccc(-c3ccc4c(c3)C3(CCCC3)c3ccccc3-4)cc2)c2ccc(-c3cccc4c3c3ccccc3n4-c3ccccc3)cc2)cc1. The molecule has 1 fully saturated rings. The van der Waals surface area contributed by atoms with Gasteiger partial charge in [0, 0.05) is 38.8 Å². The summed E-state index contributed by atoms with van der Waals surface area (Å²) in [6, 6.07) is 98.7. The fraction of sp³-hybridized carbons (Fsp3) is 0.0704. The van der Waals surface area contributed by atoms with E-state index in [9.17, 15) is 0 Å². The molecule has 0 bridgehead atoms. The van der Waals surface area contributed by atoms with E-state index in [2.05, 4.69) is 276 Å². The van der Waals surface area contributed by atoms with E-state index < -0.39 is 0 Å². The lowest BCUT2D eigenvalue weighted by atomic mass is 9.76. The van der Waals surface area contributed by atoms with Crippen LogP contribution < -0.4 is 4.90 Å². The van der Waals surface area contributed by atoms with Gasteiger partial charge in [-0.3, -0.25) is 0 Å². The van der Waals surface area contributed by atoms with Crippen molar-refractivity contribution in [2.45, 2.75) is 31.1 Å². The summed E-state index contributed by atoms with van der Waals surface area (Å²) in [5.41, 5.74) is 24.9. The molecule has 1 saturated carbocycles. The van der Waals surface area contributed by atoms with Gasteiger partial charge in [-0.25, -0.2) is 0 Å². The maximum Gasteiger partial charge on any atom is 0.0547 e. The van der Waals surface area contributed by atoms with Gasteiger partial charge in [0.25, 0.3) is 0 Å². The highest BCUT2D eigenvalue weighted by Gasteiger charge is 2.44. The number of benzene rings is 11. The number of hydrogen-bond acceptors (Lipinski definition) is 1.